The molecule has 0 aromatic carbocycles. The van der Waals surface area contributed by atoms with Crippen molar-refractivity contribution in [3.05, 3.63) is 24.3 Å². The first-order valence-electron chi connectivity index (χ1n) is 11.8. The third-order valence-electron chi connectivity index (χ3n) is 7.10. The Bertz CT molecular complexity index is 605. The second kappa shape index (κ2) is 12.4. The molecule has 2 fully saturated rings. The van der Waals surface area contributed by atoms with Gasteiger partial charge < -0.3 is 15.3 Å². The van der Waals surface area contributed by atoms with Crippen molar-refractivity contribution >= 4 is 11.8 Å². The van der Waals surface area contributed by atoms with E-state index in [-0.39, 0.29) is 42.0 Å². The van der Waals surface area contributed by atoms with Crippen molar-refractivity contribution in [2.24, 2.45) is 17.3 Å². The van der Waals surface area contributed by atoms with Crippen molar-refractivity contribution in [3.8, 4) is 0 Å². The molecule has 30 heavy (non-hydrogen) atoms. The van der Waals surface area contributed by atoms with E-state index in [1.807, 2.05) is 24.3 Å². The highest BCUT2D eigenvalue weighted by Crippen LogP contribution is 2.49. The van der Waals surface area contributed by atoms with Gasteiger partial charge in [0.2, 0.25) is 0 Å². The number of carbonyl (C=O) groups excluding carboxylic acids is 1. The number of ketones is 1. The molecule has 2 aliphatic rings. The molecule has 170 valence electrons. The zero-order valence-electron chi connectivity index (χ0n) is 18.5. The number of Topliss-reactive ketones (excluding diaryl/α,β-unsaturated/α-hetero) is 1. The van der Waals surface area contributed by atoms with Gasteiger partial charge in [0.1, 0.15) is 5.78 Å². The molecule has 0 saturated heterocycles. The van der Waals surface area contributed by atoms with Crippen LogP contribution in [0.1, 0.15) is 90.4 Å². The summed E-state index contributed by atoms with van der Waals surface area (Å²) in [5.41, 5.74) is 0.0711. The Balaban J connectivity index is 1.84. The maximum absolute atomic E-state index is 12.3. The highest BCUT2D eigenvalue weighted by atomic mass is 16.4. The van der Waals surface area contributed by atoms with E-state index in [4.69, 9.17) is 5.11 Å². The number of hydrogen-bond donors (Lipinski definition) is 3. The smallest absolute Gasteiger partial charge is 0.303 e. The van der Waals surface area contributed by atoms with Crippen LogP contribution in [0, 0.1) is 17.3 Å². The monoisotopic (exact) mass is 420 g/mol. The van der Waals surface area contributed by atoms with Crippen molar-refractivity contribution < 1.29 is 24.9 Å². The summed E-state index contributed by atoms with van der Waals surface area (Å²) in [4.78, 5) is 22.8. The normalized spacial score (nSPS) is 27.0. The molecule has 5 heteroatoms. The van der Waals surface area contributed by atoms with Gasteiger partial charge in [-0.05, 0) is 50.4 Å². The lowest BCUT2D eigenvalue weighted by Crippen LogP contribution is -2.41. The predicted molar refractivity (Wildman–Crippen MR) is 118 cm³/mol. The van der Waals surface area contributed by atoms with E-state index in [1.54, 1.807) is 0 Å². The molecule has 0 amide bonds. The highest BCUT2D eigenvalue weighted by Gasteiger charge is 2.42. The Morgan fingerprint density at radius 3 is 2.60 bits per heavy atom. The molecular weight excluding hydrogens is 380 g/mol. The van der Waals surface area contributed by atoms with Gasteiger partial charge in [0, 0.05) is 24.7 Å². The molecule has 2 saturated carbocycles. The Labute approximate surface area is 181 Å². The van der Waals surface area contributed by atoms with Crippen LogP contribution in [-0.4, -0.2) is 39.3 Å². The number of carboxylic acid groups (broad SMARTS) is 1. The number of aliphatic hydroxyl groups excluding tert-OH is 2. The molecule has 0 radical (unpaired) electrons. The molecule has 2 aliphatic carbocycles. The van der Waals surface area contributed by atoms with Crippen LogP contribution in [-0.2, 0) is 9.59 Å². The lowest BCUT2D eigenvalue weighted by Gasteiger charge is -2.46. The van der Waals surface area contributed by atoms with Crippen molar-refractivity contribution in [2.75, 3.05) is 0 Å². The molecule has 1 unspecified atom stereocenters. The Morgan fingerprint density at radius 2 is 1.97 bits per heavy atom. The number of aliphatic carboxylic acids is 1. The Morgan fingerprint density at radius 1 is 1.20 bits per heavy atom. The number of rotatable bonds is 14. The van der Waals surface area contributed by atoms with Crippen LogP contribution in [0.25, 0.3) is 0 Å². The van der Waals surface area contributed by atoms with Crippen LogP contribution < -0.4 is 0 Å². The molecule has 4 atom stereocenters. The minimum absolute atomic E-state index is 0.0711. The summed E-state index contributed by atoms with van der Waals surface area (Å²) in [7, 11) is 0. The van der Waals surface area contributed by atoms with Crippen LogP contribution >= 0.6 is 0 Å². The second-order valence-electron chi connectivity index (χ2n) is 9.27. The maximum atomic E-state index is 12.3. The first-order valence-corrected chi connectivity index (χ1v) is 11.8. The van der Waals surface area contributed by atoms with Gasteiger partial charge in [-0.1, -0.05) is 56.9 Å². The van der Waals surface area contributed by atoms with Gasteiger partial charge in [-0.3, -0.25) is 9.59 Å². The molecule has 0 bridgehead atoms. The van der Waals surface area contributed by atoms with E-state index in [1.165, 1.54) is 25.7 Å². The van der Waals surface area contributed by atoms with Gasteiger partial charge in [-0.2, -0.15) is 0 Å². The van der Waals surface area contributed by atoms with E-state index in [9.17, 15) is 19.8 Å². The second-order valence-corrected chi connectivity index (χ2v) is 9.27. The van der Waals surface area contributed by atoms with E-state index in [0.717, 1.165) is 19.3 Å². The number of allylic oxidation sites excluding steroid dienone is 2. The summed E-state index contributed by atoms with van der Waals surface area (Å²) in [6.45, 7) is 2.20. The van der Waals surface area contributed by atoms with Crippen LogP contribution in [0.3, 0.4) is 0 Å². The largest absolute Gasteiger partial charge is 0.481 e. The highest BCUT2D eigenvalue weighted by molar-refractivity contribution is 5.84. The van der Waals surface area contributed by atoms with Crippen molar-refractivity contribution in [1.29, 1.82) is 0 Å². The van der Waals surface area contributed by atoms with Crippen molar-refractivity contribution in [1.82, 2.24) is 0 Å². The summed E-state index contributed by atoms with van der Waals surface area (Å²) >= 11 is 0. The fourth-order valence-electron chi connectivity index (χ4n) is 4.98. The lowest BCUT2D eigenvalue weighted by molar-refractivity contribution is -0.137. The van der Waals surface area contributed by atoms with Crippen molar-refractivity contribution in [2.45, 2.75) is 103 Å². The summed E-state index contributed by atoms with van der Waals surface area (Å²) in [5.74, 6) is -1.14. The minimum Gasteiger partial charge on any atom is -0.481 e. The lowest BCUT2D eigenvalue weighted by atomic mass is 9.61. The third kappa shape index (κ3) is 7.05. The zero-order chi connectivity index (χ0) is 22.0. The number of carbonyl (C=O) groups is 2. The van der Waals surface area contributed by atoms with Crippen LogP contribution in [0.2, 0.25) is 0 Å². The van der Waals surface area contributed by atoms with Crippen LogP contribution in [0.5, 0.6) is 0 Å². The number of aliphatic hydroxyl groups is 2. The Kier molecular flexibility index (Phi) is 10.3. The van der Waals surface area contributed by atoms with E-state index < -0.39 is 12.1 Å². The summed E-state index contributed by atoms with van der Waals surface area (Å²) in [6.07, 6.45) is 17.6. The SMILES string of the molecule is CCCCCC1(C(O)CC=C[C@H]2[C@H](O)CC(=O)[C@@H]2CC=CCCCC(=O)O)CCC1. The van der Waals surface area contributed by atoms with Gasteiger partial charge in [-0.15, -0.1) is 0 Å². The van der Waals surface area contributed by atoms with Gasteiger partial charge >= 0.3 is 5.97 Å². The predicted octanol–water partition coefficient (Wildman–Crippen LogP) is 4.81. The average molecular weight is 421 g/mol. The van der Waals surface area contributed by atoms with E-state index >= 15 is 0 Å². The molecule has 0 aromatic heterocycles. The molecule has 5 nitrogen and oxygen atoms in total. The summed E-state index contributed by atoms with van der Waals surface area (Å²) < 4.78 is 0. The van der Waals surface area contributed by atoms with Crippen LogP contribution in [0.15, 0.2) is 24.3 Å². The molecule has 0 spiro atoms. The van der Waals surface area contributed by atoms with E-state index in [0.29, 0.717) is 25.7 Å². The number of unbranched alkanes of at least 4 members (excludes halogenated alkanes) is 3. The van der Waals surface area contributed by atoms with Gasteiger partial charge in [0.05, 0.1) is 12.2 Å². The standard InChI is InChI=1S/C25H40O5/c1-2-3-8-15-25(16-10-17-25)23(28)13-9-12-20-19(21(26)18-22(20)27)11-6-4-5-7-14-24(29)30/h4,6,9,12,19-20,22-23,27-28H,2-3,5,7-8,10-11,13-18H2,1H3,(H,29,30)/t19-,20-,22-,23?/m1/s1. The Hall–Kier alpha value is -1.46. The maximum Gasteiger partial charge on any atom is 0.303 e. The van der Waals surface area contributed by atoms with Crippen molar-refractivity contribution in [3.63, 3.8) is 0 Å². The third-order valence-corrected chi connectivity index (χ3v) is 7.10. The van der Waals surface area contributed by atoms with Gasteiger partial charge in [0.15, 0.2) is 0 Å². The fraction of sp³-hybridized carbons (Fsp3) is 0.760. The average Bonchev–Trinajstić information content (AvgIpc) is 2.93. The van der Waals surface area contributed by atoms with E-state index in [2.05, 4.69) is 6.92 Å². The molecule has 3 N–H and O–H groups in total. The first-order chi connectivity index (χ1) is 14.4. The molecule has 2 rings (SSSR count). The fourth-order valence-corrected chi connectivity index (χ4v) is 4.98. The molecular formula is C25H40O5. The molecule has 0 heterocycles. The quantitative estimate of drug-likeness (QED) is 0.277. The summed E-state index contributed by atoms with van der Waals surface area (Å²) in [5, 5.41) is 29.8. The number of hydrogen-bond acceptors (Lipinski definition) is 4. The molecule has 0 aliphatic heterocycles. The minimum atomic E-state index is -0.793. The van der Waals surface area contributed by atoms with Gasteiger partial charge in [-0.25, -0.2) is 0 Å². The number of carboxylic acids is 1. The summed E-state index contributed by atoms with van der Waals surface area (Å²) in [6, 6.07) is 0. The zero-order valence-corrected chi connectivity index (χ0v) is 18.5. The molecule has 0 aromatic rings. The topological polar surface area (TPSA) is 94.8 Å². The van der Waals surface area contributed by atoms with Gasteiger partial charge in [0.25, 0.3) is 0 Å². The van der Waals surface area contributed by atoms with Crippen LogP contribution in [0.4, 0.5) is 0 Å². The first kappa shape index (κ1) is 24.8.